The van der Waals surface area contributed by atoms with Gasteiger partial charge in [0, 0.05) is 24.1 Å². The molecule has 0 amide bonds. The van der Waals surface area contributed by atoms with E-state index in [0.717, 1.165) is 18.5 Å². The van der Waals surface area contributed by atoms with Gasteiger partial charge in [0.25, 0.3) is 5.69 Å². The molecule has 1 aliphatic heterocycles. The van der Waals surface area contributed by atoms with Crippen LogP contribution in [0.25, 0.3) is 0 Å². The number of carbonyl (C=O) groups excluding carboxylic acids is 1. The van der Waals surface area contributed by atoms with E-state index in [-0.39, 0.29) is 11.7 Å². The highest BCUT2D eigenvalue weighted by Crippen LogP contribution is 2.37. The maximum Gasteiger partial charge on any atom is 0.362 e. The molecule has 0 saturated carbocycles. The van der Waals surface area contributed by atoms with E-state index in [2.05, 4.69) is 12.1 Å². The highest BCUT2D eigenvalue weighted by atomic mass is 16.6. The normalized spacial score (nSPS) is 21.2. The number of non-ortho nitro benzene ring substituents is 1. The molecule has 6 heteroatoms. The predicted octanol–water partition coefficient (Wildman–Crippen LogP) is 3.88. The van der Waals surface area contributed by atoms with Crippen molar-refractivity contribution in [1.29, 1.82) is 0 Å². The Morgan fingerprint density at radius 3 is 2.32 bits per heavy atom. The minimum Gasteiger partial charge on any atom is -0.456 e. The van der Waals surface area contributed by atoms with E-state index in [0.29, 0.717) is 23.6 Å². The van der Waals surface area contributed by atoms with Crippen LogP contribution < -0.4 is 0 Å². The largest absolute Gasteiger partial charge is 0.456 e. The van der Waals surface area contributed by atoms with Crippen LogP contribution in [0.15, 0.2) is 54.6 Å². The van der Waals surface area contributed by atoms with E-state index >= 15 is 0 Å². The van der Waals surface area contributed by atoms with Crippen LogP contribution >= 0.6 is 0 Å². The lowest BCUT2D eigenvalue weighted by atomic mass is 10.1. The Hall–Kier alpha value is -2.73. The molecule has 2 unspecified atom stereocenters. The van der Waals surface area contributed by atoms with Crippen molar-refractivity contribution in [1.82, 2.24) is 0 Å². The molecule has 3 rings (SSSR count). The maximum atomic E-state index is 12.5. The number of rotatable bonds is 7. The SMILES string of the molecule is CC(C)(C)OC(=O)C[N+]1(Cc2ccc([N+](=O)[O-])cc2)CC1Cc1ccccc1. The van der Waals surface area contributed by atoms with Crippen molar-refractivity contribution in [3.8, 4) is 0 Å². The molecule has 0 aromatic heterocycles. The zero-order valence-electron chi connectivity index (χ0n) is 16.6. The Balaban J connectivity index is 1.75. The van der Waals surface area contributed by atoms with Gasteiger partial charge in [-0.3, -0.25) is 14.6 Å². The molecule has 0 radical (unpaired) electrons. The molecule has 28 heavy (non-hydrogen) atoms. The Bertz CT molecular complexity index is 843. The molecule has 1 aliphatic rings. The van der Waals surface area contributed by atoms with Gasteiger partial charge in [-0.1, -0.05) is 30.3 Å². The van der Waals surface area contributed by atoms with Crippen molar-refractivity contribution in [3.63, 3.8) is 0 Å². The molecule has 0 bridgehead atoms. The predicted molar refractivity (Wildman–Crippen MR) is 107 cm³/mol. The summed E-state index contributed by atoms with van der Waals surface area (Å²) in [5.41, 5.74) is 1.80. The maximum absolute atomic E-state index is 12.5. The third-order valence-electron chi connectivity index (χ3n) is 5.04. The number of nitrogens with zero attached hydrogens (tertiary/aromatic N) is 2. The fraction of sp³-hybridized carbons (Fsp3) is 0.409. The molecular weight excluding hydrogens is 356 g/mol. The first-order chi connectivity index (χ1) is 13.2. The number of hydrogen-bond acceptors (Lipinski definition) is 4. The molecule has 2 aromatic rings. The van der Waals surface area contributed by atoms with Crippen molar-refractivity contribution < 1.29 is 18.9 Å². The summed E-state index contributed by atoms with van der Waals surface area (Å²) in [6.07, 6.45) is 0.899. The number of nitro groups is 1. The first kappa shape index (κ1) is 20.0. The average molecular weight is 383 g/mol. The van der Waals surface area contributed by atoms with E-state index in [9.17, 15) is 14.9 Å². The monoisotopic (exact) mass is 383 g/mol. The molecular formula is C22H27N2O4+. The fourth-order valence-electron chi connectivity index (χ4n) is 3.68. The van der Waals surface area contributed by atoms with E-state index in [1.807, 2.05) is 39.0 Å². The van der Waals surface area contributed by atoms with Crippen molar-refractivity contribution in [2.75, 3.05) is 13.1 Å². The zero-order valence-corrected chi connectivity index (χ0v) is 16.6. The molecule has 0 aliphatic carbocycles. The lowest BCUT2D eigenvalue weighted by Crippen LogP contribution is -2.38. The van der Waals surface area contributed by atoms with Crippen LogP contribution in [0.3, 0.4) is 0 Å². The molecule has 1 heterocycles. The van der Waals surface area contributed by atoms with Crippen LogP contribution in [0, 0.1) is 10.1 Å². The Morgan fingerprint density at radius 1 is 1.11 bits per heavy atom. The van der Waals surface area contributed by atoms with Gasteiger partial charge in [-0.05, 0) is 38.5 Å². The second-order valence-corrected chi connectivity index (χ2v) is 8.57. The van der Waals surface area contributed by atoms with Gasteiger partial charge in [-0.2, -0.15) is 0 Å². The van der Waals surface area contributed by atoms with Gasteiger partial charge in [-0.25, -0.2) is 4.79 Å². The molecule has 0 spiro atoms. The van der Waals surface area contributed by atoms with Crippen LogP contribution in [0.2, 0.25) is 0 Å². The summed E-state index contributed by atoms with van der Waals surface area (Å²) >= 11 is 0. The average Bonchev–Trinajstić information content (AvgIpc) is 3.25. The minimum absolute atomic E-state index is 0.0778. The smallest absolute Gasteiger partial charge is 0.362 e. The number of carbonyl (C=O) groups is 1. The summed E-state index contributed by atoms with van der Waals surface area (Å²) in [6.45, 7) is 7.48. The topological polar surface area (TPSA) is 69.4 Å². The summed E-state index contributed by atoms with van der Waals surface area (Å²) < 4.78 is 6.18. The quantitative estimate of drug-likeness (QED) is 0.239. The number of benzene rings is 2. The summed E-state index contributed by atoms with van der Waals surface area (Å²) in [6, 6.07) is 17.2. The fourth-order valence-corrected chi connectivity index (χ4v) is 3.68. The number of ether oxygens (including phenoxy) is 1. The third-order valence-corrected chi connectivity index (χ3v) is 5.04. The van der Waals surface area contributed by atoms with Crippen LogP contribution in [-0.4, -0.2) is 40.1 Å². The molecule has 148 valence electrons. The summed E-state index contributed by atoms with van der Waals surface area (Å²) in [5, 5.41) is 10.9. The van der Waals surface area contributed by atoms with Crippen molar-refractivity contribution in [3.05, 3.63) is 75.8 Å². The Morgan fingerprint density at radius 2 is 1.75 bits per heavy atom. The van der Waals surface area contributed by atoms with Crippen LogP contribution in [-0.2, 0) is 22.5 Å². The molecule has 0 N–H and O–H groups in total. The van der Waals surface area contributed by atoms with E-state index in [1.54, 1.807) is 12.1 Å². The van der Waals surface area contributed by atoms with Crippen LogP contribution in [0.5, 0.6) is 0 Å². The lowest BCUT2D eigenvalue weighted by molar-refractivity contribution is -0.820. The number of nitro benzene ring substituents is 1. The lowest BCUT2D eigenvalue weighted by Gasteiger charge is -2.24. The first-order valence-electron chi connectivity index (χ1n) is 9.52. The van der Waals surface area contributed by atoms with Gasteiger partial charge in [0.15, 0.2) is 6.54 Å². The molecule has 2 atom stereocenters. The van der Waals surface area contributed by atoms with Crippen molar-refractivity contribution in [2.24, 2.45) is 0 Å². The minimum atomic E-state index is -0.515. The summed E-state index contributed by atoms with van der Waals surface area (Å²) in [5.74, 6) is -0.204. The number of esters is 1. The number of hydrogen-bond donors (Lipinski definition) is 0. The molecule has 1 saturated heterocycles. The molecule has 1 fully saturated rings. The standard InChI is InChI=1S/C22H27N2O4/c1-22(2,3)28-21(25)16-24(14-18-9-11-19(12-10-18)23(26)27)15-20(24)13-17-7-5-4-6-8-17/h4-12,20H,13-16H2,1-3H3/q+1. The second-order valence-electron chi connectivity index (χ2n) is 8.57. The third kappa shape index (κ3) is 5.16. The van der Waals surface area contributed by atoms with Gasteiger partial charge in [0.05, 0.1) is 4.92 Å². The van der Waals surface area contributed by atoms with E-state index in [1.165, 1.54) is 17.7 Å². The Labute approximate surface area is 165 Å². The molecule has 2 aromatic carbocycles. The van der Waals surface area contributed by atoms with Crippen molar-refractivity contribution in [2.45, 2.75) is 45.4 Å². The summed E-state index contributed by atoms with van der Waals surface area (Å²) in [4.78, 5) is 23.0. The van der Waals surface area contributed by atoms with Gasteiger partial charge in [0.2, 0.25) is 0 Å². The Kier molecular flexibility index (Phi) is 5.52. The van der Waals surface area contributed by atoms with Crippen molar-refractivity contribution >= 4 is 11.7 Å². The number of quaternary nitrogens is 1. The van der Waals surface area contributed by atoms with Gasteiger partial charge < -0.3 is 4.74 Å². The second kappa shape index (κ2) is 7.72. The van der Waals surface area contributed by atoms with Crippen LogP contribution in [0.1, 0.15) is 31.9 Å². The first-order valence-corrected chi connectivity index (χ1v) is 9.52. The van der Waals surface area contributed by atoms with E-state index in [4.69, 9.17) is 4.74 Å². The van der Waals surface area contributed by atoms with Crippen LogP contribution in [0.4, 0.5) is 5.69 Å². The van der Waals surface area contributed by atoms with E-state index < -0.39 is 10.5 Å². The zero-order chi connectivity index (χ0) is 20.4. The highest BCUT2D eigenvalue weighted by Gasteiger charge is 2.56. The van der Waals surface area contributed by atoms with Gasteiger partial charge in [0.1, 0.15) is 24.7 Å². The summed E-state index contributed by atoms with van der Waals surface area (Å²) in [7, 11) is 0. The highest BCUT2D eigenvalue weighted by molar-refractivity contribution is 5.71. The van der Waals surface area contributed by atoms with Gasteiger partial charge >= 0.3 is 5.97 Å². The van der Waals surface area contributed by atoms with Gasteiger partial charge in [-0.15, -0.1) is 0 Å². The molecule has 6 nitrogen and oxygen atoms in total.